The Morgan fingerprint density at radius 3 is 3.10 bits per heavy atom. The summed E-state index contributed by atoms with van der Waals surface area (Å²) >= 11 is 0. The Balaban J connectivity index is 2.14. The predicted molar refractivity (Wildman–Crippen MR) is 73.0 cm³/mol. The van der Waals surface area contributed by atoms with Crippen molar-refractivity contribution >= 4 is 17.9 Å². The number of anilines is 1. The van der Waals surface area contributed by atoms with Crippen LogP contribution >= 0.6 is 0 Å². The maximum absolute atomic E-state index is 11.1. The van der Waals surface area contributed by atoms with E-state index in [1.54, 1.807) is 18.2 Å². The second-order valence-corrected chi connectivity index (χ2v) is 3.76. The van der Waals surface area contributed by atoms with Crippen LogP contribution in [0.2, 0.25) is 0 Å². The Kier molecular flexibility index (Phi) is 3.85. The number of phenols is 1. The summed E-state index contributed by atoms with van der Waals surface area (Å²) in [5.41, 5.74) is 8.28. The molecule has 0 spiro atoms. The summed E-state index contributed by atoms with van der Waals surface area (Å²) < 4.78 is 4.98. The van der Waals surface area contributed by atoms with Crippen molar-refractivity contribution < 1.29 is 14.6 Å². The molecule has 1 heterocycles. The first-order valence-corrected chi connectivity index (χ1v) is 5.61. The van der Waals surface area contributed by atoms with E-state index in [0.29, 0.717) is 11.3 Å². The number of hydrogen-bond acceptors (Lipinski definition) is 6. The highest BCUT2D eigenvalue weighted by Gasteiger charge is 2.10. The number of ether oxygens (including phenoxy) is 1. The van der Waals surface area contributed by atoms with Crippen LogP contribution in [0.1, 0.15) is 16.1 Å². The molecule has 5 N–H and O–H groups in total. The number of nitrogens with two attached hydrogens (primary N) is 1. The zero-order valence-corrected chi connectivity index (χ0v) is 10.6. The SMILES string of the molecule is COc1cccc(/C=N\Nc2nc[nH]c2C(N)=O)c1O. The molecule has 0 aliphatic carbocycles. The summed E-state index contributed by atoms with van der Waals surface area (Å²) in [5, 5.41) is 13.7. The van der Waals surface area contributed by atoms with Gasteiger partial charge < -0.3 is 20.6 Å². The second-order valence-electron chi connectivity index (χ2n) is 3.76. The van der Waals surface area contributed by atoms with Gasteiger partial charge in [-0.3, -0.25) is 10.2 Å². The van der Waals surface area contributed by atoms with Crippen LogP contribution in [0.5, 0.6) is 11.5 Å². The molecule has 8 heteroatoms. The van der Waals surface area contributed by atoms with Crippen LogP contribution in [0.15, 0.2) is 29.6 Å². The fraction of sp³-hybridized carbons (Fsp3) is 0.0833. The van der Waals surface area contributed by atoms with Gasteiger partial charge in [-0.2, -0.15) is 5.10 Å². The lowest BCUT2D eigenvalue weighted by molar-refractivity contribution is 0.0997. The quantitative estimate of drug-likeness (QED) is 0.471. The maximum atomic E-state index is 11.1. The molecule has 104 valence electrons. The topological polar surface area (TPSA) is 126 Å². The van der Waals surface area contributed by atoms with E-state index < -0.39 is 5.91 Å². The first-order valence-electron chi connectivity index (χ1n) is 5.61. The van der Waals surface area contributed by atoms with Crippen LogP contribution in [-0.2, 0) is 0 Å². The number of aromatic hydroxyl groups is 1. The third-order valence-corrected chi connectivity index (χ3v) is 2.51. The lowest BCUT2D eigenvalue weighted by atomic mass is 10.2. The minimum absolute atomic E-state index is 0.0299. The van der Waals surface area contributed by atoms with Gasteiger partial charge in [-0.1, -0.05) is 6.07 Å². The standard InChI is InChI=1S/C12H13N5O3/c1-20-8-4-2-3-7(10(8)18)5-16-17-12-9(11(13)19)14-6-15-12/h2-6,17-18H,1H3,(H2,13,19)(H,14,15)/b16-5-. The van der Waals surface area contributed by atoms with Gasteiger partial charge in [-0.05, 0) is 12.1 Å². The third-order valence-electron chi connectivity index (χ3n) is 2.51. The number of carbonyl (C=O) groups excluding carboxylic acids is 1. The number of amides is 1. The van der Waals surface area contributed by atoms with Gasteiger partial charge >= 0.3 is 0 Å². The highest BCUT2D eigenvalue weighted by molar-refractivity contribution is 5.95. The molecule has 1 aromatic carbocycles. The fourth-order valence-electron chi connectivity index (χ4n) is 1.54. The number of phenolic OH excluding ortho intramolecular Hbond substituents is 1. The van der Waals surface area contributed by atoms with Gasteiger partial charge in [0.2, 0.25) is 0 Å². The van der Waals surface area contributed by atoms with Crippen molar-refractivity contribution in [3.05, 3.63) is 35.8 Å². The van der Waals surface area contributed by atoms with E-state index in [1.165, 1.54) is 19.7 Å². The Bertz CT molecular complexity index is 650. The van der Waals surface area contributed by atoms with Crippen molar-refractivity contribution in [2.24, 2.45) is 10.8 Å². The maximum Gasteiger partial charge on any atom is 0.269 e. The molecule has 0 aliphatic rings. The number of hydrogen-bond donors (Lipinski definition) is 4. The molecular formula is C12H13N5O3. The summed E-state index contributed by atoms with van der Waals surface area (Å²) in [4.78, 5) is 17.5. The van der Waals surface area contributed by atoms with Crippen molar-refractivity contribution in [1.82, 2.24) is 9.97 Å². The number of aromatic nitrogens is 2. The van der Waals surface area contributed by atoms with Gasteiger partial charge in [0.25, 0.3) is 5.91 Å². The number of aromatic amines is 1. The van der Waals surface area contributed by atoms with Crippen LogP contribution < -0.4 is 15.9 Å². The third kappa shape index (κ3) is 2.69. The minimum Gasteiger partial charge on any atom is -0.504 e. The number of rotatable bonds is 5. The molecule has 0 saturated heterocycles. The van der Waals surface area contributed by atoms with Crippen LogP contribution in [-0.4, -0.2) is 34.3 Å². The largest absolute Gasteiger partial charge is 0.504 e. The van der Waals surface area contributed by atoms with Gasteiger partial charge in [0.15, 0.2) is 17.3 Å². The summed E-state index contributed by atoms with van der Waals surface area (Å²) in [5.74, 6) is -0.134. The number of nitrogens with zero attached hydrogens (tertiary/aromatic N) is 2. The van der Waals surface area contributed by atoms with Crippen molar-refractivity contribution in [3.8, 4) is 11.5 Å². The summed E-state index contributed by atoms with van der Waals surface area (Å²) in [6, 6.07) is 4.99. The number of H-pyrrole nitrogens is 1. The Labute approximate surface area is 114 Å². The number of nitrogens with one attached hydrogen (secondary N) is 2. The molecule has 1 aromatic heterocycles. The second kappa shape index (κ2) is 5.74. The van der Waals surface area contributed by atoms with E-state index in [2.05, 4.69) is 20.5 Å². The first-order chi connectivity index (χ1) is 9.63. The van der Waals surface area contributed by atoms with E-state index in [1.807, 2.05) is 0 Å². The number of methoxy groups -OCH3 is 1. The lowest BCUT2D eigenvalue weighted by Gasteiger charge is -2.04. The van der Waals surface area contributed by atoms with Crippen molar-refractivity contribution in [3.63, 3.8) is 0 Å². The smallest absolute Gasteiger partial charge is 0.269 e. The Morgan fingerprint density at radius 2 is 2.40 bits per heavy atom. The highest BCUT2D eigenvalue weighted by Crippen LogP contribution is 2.27. The minimum atomic E-state index is -0.649. The summed E-state index contributed by atoms with van der Waals surface area (Å²) in [6.45, 7) is 0. The van der Waals surface area contributed by atoms with Crippen molar-refractivity contribution in [2.75, 3.05) is 12.5 Å². The fourth-order valence-corrected chi connectivity index (χ4v) is 1.54. The molecule has 0 atom stereocenters. The molecule has 0 fully saturated rings. The van der Waals surface area contributed by atoms with Gasteiger partial charge in [-0.15, -0.1) is 0 Å². The molecule has 2 rings (SSSR count). The first kappa shape index (κ1) is 13.4. The monoisotopic (exact) mass is 275 g/mol. The van der Waals surface area contributed by atoms with E-state index >= 15 is 0 Å². The van der Waals surface area contributed by atoms with E-state index in [0.717, 1.165) is 0 Å². The molecule has 0 aliphatic heterocycles. The number of primary amides is 1. The van der Waals surface area contributed by atoms with Gasteiger partial charge in [0.1, 0.15) is 5.69 Å². The molecule has 0 bridgehead atoms. The number of carbonyl (C=O) groups is 1. The average Bonchev–Trinajstić information content (AvgIpc) is 2.89. The number of benzene rings is 1. The molecule has 0 saturated carbocycles. The molecule has 8 nitrogen and oxygen atoms in total. The van der Waals surface area contributed by atoms with Crippen LogP contribution in [0.3, 0.4) is 0 Å². The van der Waals surface area contributed by atoms with Crippen molar-refractivity contribution in [2.45, 2.75) is 0 Å². The zero-order valence-electron chi connectivity index (χ0n) is 10.6. The van der Waals surface area contributed by atoms with Crippen LogP contribution in [0, 0.1) is 0 Å². The average molecular weight is 275 g/mol. The number of imidazole rings is 1. The van der Waals surface area contributed by atoms with Gasteiger partial charge in [0, 0.05) is 5.56 Å². The molecule has 20 heavy (non-hydrogen) atoms. The summed E-state index contributed by atoms with van der Waals surface area (Å²) in [6.07, 6.45) is 2.69. The Morgan fingerprint density at radius 1 is 1.60 bits per heavy atom. The van der Waals surface area contributed by atoms with E-state index in [4.69, 9.17) is 10.5 Å². The van der Waals surface area contributed by atoms with E-state index in [-0.39, 0.29) is 17.3 Å². The zero-order chi connectivity index (χ0) is 14.5. The van der Waals surface area contributed by atoms with Crippen molar-refractivity contribution in [1.29, 1.82) is 0 Å². The van der Waals surface area contributed by atoms with Crippen LogP contribution in [0.4, 0.5) is 5.82 Å². The molecule has 0 radical (unpaired) electrons. The molecule has 0 unspecified atom stereocenters. The Hall–Kier alpha value is -3.03. The van der Waals surface area contributed by atoms with Gasteiger partial charge in [-0.25, -0.2) is 4.98 Å². The van der Waals surface area contributed by atoms with E-state index in [9.17, 15) is 9.90 Å². The molecular weight excluding hydrogens is 262 g/mol. The number of hydrazone groups is 1. The normalized spacial score (nSPS) is 10.7. The highest BCUT2D eigenvalue weighted by atomic mass is 16.5. The molecule has 2 aromatic rings. The lowest BCUT2D eigenvalue weighted by Crippen LogP contribution is -2.13. The predicted octanol–water partition coefficient (Wildman–Crippen LogP) is 0.669. The number of para-hydroxylation sites is 1. The van der Waals surface area contributed by atoms with Gasteiger partial charge in [0.05, 0.1) is 19.7 Å². The summed E-state index contributed by atoms with van der Waals surface area (Å²) in [7, 11) is 1.46. The molecule has 1 amide bonds. The van der Waals surface area contributed by atoms with Crippen LogP contribution in [0.25, 0.3) is 0 Å².